The van der Waals surface area contributed by atoms with Crippen molar-refractivity contribution < 1.29 is 4.79 Å². The summed E-state index contributed by atoms with van der Waals surface area (Å²) in [6.07, 6.45) is -0.0426. The molecule has 0 spiro atoms. The normalized spacial score (nSPS) is 23.9. The van der Waals surface area contributed by atoms with E-state index < -0.39 is 0 Å². The lowest BCUT2D eigenvalue weighted by Gasteiger charge is -2.31. The zero-order valence-electron chi connectivity index (χ0n) is 11.0. The zero-order valence-corrected chi connectivity index (χ0v) is 11.8. The second-order valence-corrected chi connectivity index (χ2v) is 5.71. The highest BCUT2D eigenvalue weighted by Crippen LogP contribution is 2.28. The lowest BCUT2D eigenvalue weighted by molar-refractivity contribution is -0.121. The first-order valence-corrected chi connectivity index (χ1v) is 7.01. The van der Waals surface area contributed by atoms with Gasteiger partial charge < -0.3 is 0 Å². The number of carbonyl (C=O) groups is 1. The molecule has 1 aromatic carbocycles. The molecule has 1 heterocycles. The van der Waals surface area contributed by atoms with E-state index in [4.69, 9.17) is 4.99 Å². The molecule has 1 aromatic rings. The molecule has 0 saturated heterocycles. The molecule has 0 amide bonds. The predicted octanol–water partition coefficient (Wildman–Crippen LogP) is 2.27. The summed E-state index contributed by atoms with van der Waals surface area (Å²) in [5.41, 5.74) is 1.14. The van der Waals surface area contributed by atoms with Crippen LogP contribution < -0.4 is 0 Å². The molecule has 4 heteroatoms. The highest BCUT2D eigenvalue weighted by molar-refractivity contribution is 8.14. The van der Waals surface area contributed by atoms with Crippen molar-refractivity contribution in [2.24, 2.45) is 10.9 Å². The summed E-state index contributed by atoms with van der Waals surface area (Å²) < 4.78 is 0. The van der Waals surface area contributed by atoms with Gasteiger partial charge in [0.2, 0.25) is 0 Å². The van der Waals surface area contributed by atoms with E-state index >= 15 is 0 Å². The Hall–Kier alpha value is -1.13. The molecular formula is C14H18N2OS. The quantitative estimate of drug-likeness (QED) is 0.837. The van der Waals surface area contributed by atoms with Gasteiger partial charge >= 0.3 is 0 Å². The maximum atomic E-state index is 11.6. The number of rotatable bonds is 3. The number of Topliss-reactive ketones (excluding diaryl/α,β-unsaturated/α-hetero) is 1. The van der Waals surface area contributed by atoms with E-state index in [1.807, 2.05) is 37.2 Å². The number of nitrogens with zero attached hydrogens (tertiary/aromatic N) is 2. The van der Waals surface area contributed by atoms with Crippen LogP contribution in [0.25, 0.3) is 0 Å². The number of carbonyl (C=O) groups excluding carboxylic acids is 1. The van der Waals surface area contributed by atoms with E-state index in [2.05, 4.69) is 12.1 Å². The lowest BCUT2D eigenvalue weighted by Crippen LogP contribution is -2.41. The average Bonchev–Trinajstić information content (AvgIpc) is 2.39. The largest absolute Gasteiger partial charge is 0.300 e. The van der Waals surface area contributed by atoms with Gasteiger partial charge in [-0.25, -0.2) is 0 Å². The molecule has 96 valence electrons. The Morgan fingerprint density at radius 2 is 2.00 bits per heavy atom. The molecule has 18 heavy (non-hydrogen) atoms. The monoisotopic (exact) mass is 262 g/mol. The second kappa shape index (κ2) is 5.67. The third-order valence-corrected chi connectivity index (χ3v) is 4.22. The van der Waals surface area contributed by atoms with Crippen LogP contribution in [0.2, 0.25) is 0 Å². The number of aliphatic imine (C=N–C) groups is 1. The minimum Gasteiger partial charge on any atom is -0.300 e. The maximum Gasteiger partial charge on any atom is 0.137 e. The first-order valence-electron chi connectivity index (χ1n) is 6.02. The van der Waals surface area contributed by atoms with Crippen molar-refractivity contribution in [3.05, 3.63) is 35.9 Å². The number of hydrogen-bond acceptors (Lipinski definition) is 4. The van der Waals surface area contributed by atoms with Crippen LogP contribution in [0.4, 0.5) is 0 Å². The van der Waals surface area contributed by atoms with Crippen molar-refractivity contribution in [2.45, 2.75) is 13.1 Å². The molecule has 0 aliphatic carbocycles. The SMILES string of the molecule is CC(=O)[C@@H]1CSC(c2ccccc2)=N[C@H]1N(C)C. The van der Waals surface area contributed by atoms with Crippen LogP contribution in [0.1, 0.15) is 12.5 Å². The fourth-order valence-corrected chi connectivity index (χ4v) is 3.27. The van der Waals surface area contributed by atoms with Crippen LogP contribution >= 0.6 is 11.8 Å². The predicted molar refractivity (Wildman–Crippen MR) is 77.1 cm³/mol. The molecule has 0 fully saturated rings. The van der Waals surface area contributed by atoms with E-state index in [1.165, 1.54) is 0 Å². The van der Waals surface area contributed by atoms with Gasteiger partial charge in [0, 0.05) is 11.3 Å². The summed E-state index contributed by atoms with van der Waals surface area (Å²) in [6, 6.07) is 10.2. The van der Waals surface area contributed by atoms with E-state index in [9.17, 15) is 4.79 Å². The third kappa shape index (κ3) is 2.82. The summed E-state index contributed by atoms with van der Waals surface area (Å²) in [7, 11) is 3.95. The fraction of sp³-hybridized carbons (Fsp3) is 0.429. The molecule has 2 rings (SSSR count). The third-order valence-electron chi connectivity index (χ3n) is 3.08. The molecule has 0 aromatic heterocycles. The van der Waals surface area contributed by atoms with Crippen molar-refractivity contribution in [3.63, 3.8) is 0 Å². The minimum absolute atomic E-state index is 0.00235. The summed E-state index contributed by atoms with van der Waals surface area (Å²) in [5, 5.41) is 1.03. The molecule has 2 atom stereocenters. The Morgan fingerprint density at radius 3 is 2.56 bits per heavy atom. The molecule has 3 nitrogen and oxygen atoms in total. The Morgan fingerprint density at radius 1 is 1.33 bits per heavy atom. The minimum atomic E-state index is -0.0426. The average molecular weight is 262 g/mol. The van der Waals surface area contributed by atoms with Crippen molar-refractivity contribution in [1.29, 1.82) is 0 Å². The van der Waals surface area contributed by atoms with Gasteiger partial charge in [0.1, 0.15) is 11.9 Å². The standard InChI is InChI=1S/C14H18N2OS/c1-10(17)12-9-18-14(15-13(12)16(2)3)11-7-5-4-6-8-11/h4-8,12-13H,9H2,1-3H3/t12-,13-/m0/s1. The highest BCUT2D eigenvalue weighted by atomic mass is 32.2. The number of hydrogen-bond donors (Lipinski definition) is 0. The highest BCUT2D eigenvalue weighted by Gasteiger charge is 2.31. The Balaban J connectivity index is 2.30. The van der Waals surface area contributed by atoms with Crippen molar-refractivity contribution >= 4 is 22.6 Å². The number of thioether (sulfide) groups is 1. The van der Waals surface area contributed by atoms with Gasteiger partial charge in [0.15, 0.2) is 0 Å². The van der Waals surface area contributed by atoms with E-state index in [1.54, 1.807) is 18.7 Å². The molecule has 1 aliphatic rings. The summed E-state index contributed by atoms with van der Waals surface area (Å²) >= 11 is 1.68. The molecule has 1 aliphatic heterocycles. The van der Waals surface area contributed by atoms with Crippen LogP contribution in [0.5, 0.6) is 0 Å². The Kier molecular flexibility index (Phi) is 4.19. The summed E-state index contributed by atoms with van der Waals surface area (Å²) in [4.78, 5) is 18.4. The van der Waals surface area contributed by atoms with Gasteiger partial charge in [0.25, 0.3) is 0 Å². The van der Waals surface area contributed by atoms with Crippen LogP contribution in [0.15, 0.2) is 35.3 Å². The first kappa shape index (κ1) is 13.3. The van der Waals surface area contributed by atoms with Gasteiger partial charge in [-0.15, -0.1) is 11.8 Å². The summed E-state index contributed by atoms with van der Waals surface area (Å²) in [5.74, 6) is 1.03. The fourth-order valence-electron chi connectivity index (χ4n) is 2.04. The van der Waals surface area contributed by atoms with E-state index in [-0.39, 0.29) is 17.9 Å². The molecule has 0 radical (unpaired) electrons. The molecule has 0 unspecified atom stereocenters. The Labute approximate surface area is 112 Å². The number of benzene rings is 1. The van der Waals surface area contributed by atoms with Gasteiger partial charge in [-0.1, -0.05) is 30.3 Å². The van der Waals surface area contributed by atoms with Gasteiger partial charge in [0.05, 0.1) is 11.0 Å². The van der Waals surface area contributed by atoms with E-state index in [0.29, 0.717) is 0 Å². The molecule has 0 saturated carbocycles. The van der Waals surface area contributed by atoms with Crippen LogP contribution in [0.3, 0.4) is 0 Å². The second-order valence-electron chi connectivity index (χ2n) is 4.71. The zero-order chi connectivity index (χ0) is 13.1. The van der Waals surface area contributed by atoms with Crippen LogP contribution in [0, 0.1) is 5.92 Å². The van der Waals surface area contributed by atoms with Gasteiger partial charge in [-0.05, 0) is 21.0 Å². The lowest BCUT2D eigenvalue weighted by atomic mass is 10.0. The van der Waals surface area contributed by atoms with Crippen LogP contribution in [-0.2, 0) is 4.79 Å². The van der Waals surface area contributed by atoms with Crippen molar-refractivity contribution in [1.82, 2.24) is 4.90 Å². The number of ketones is 1. The molecule has 0 bridgehead atoms. The topological polar surface area (TPSA) is 32.7 Å². The van der Waals surface area contributed by atoms with Crippen LogP contribution in [-0.4, -0.2) is 41.7 Å². The van der Waals surface area contributed by atoms with Crippen molar-refractivity contribution in [3.8, 4) is 0 Å². The maximum absolute atomic E-state index is 11.6. The first-order chi connectivity index (χ1) is 8.59. The molecular weight excluding hydrogens is 244 g/mol. The van der Waals surface area contributed by atoms with Gasteiger partial charge in [-0.2, -0.15) is 0 Å². The Bertz CT molecular complexity index is 456. The summed E-state index contributed by atoms with van der Waals surface area (Å²) in [6.45, 7) is 1.66. The van der Waals surface area contributed by atoms with Crippen molar-refractivity contribution in [2.75, 3.05) is 19.8 Å². The van der Waals surface area contributed by atoms with E-state index in [0.717, 1.165) is 16.4 Å². The smallest absolute Gasteiger partial charge is 0.137 e. The van der Waals surface area contributed by atoms with Gasteiger partial charge in [-0.3, -0.25) is 14.7 Å². The molecule has 0 N–H and O–H groups in total.